The van der Waals surface area contributed by atoms with Gasteiger partial charge in [-0.3, -0.25) is 4.57 Å². The Morgan fingerprint density at radius 2 is 2.15 bits per heavy atom. The third kappa shape index (κ3) is 3.72. The topological polar surface area (TPSA) is 96.9 Å². The van der Waals surface area contributed by atoms with Crippen LogP contribution in [0.25, 0.3) is 0 Å². The molecule has 2 unspecified atom stereocenters. The highest BCUT2D eigenvalue weighted by atomic mass is 32.2. The third-order valence-corrected chi connectivity index (χ3v) is 4.16. The number of aromatic nitrogens is 3. The average Bonchev–Trinajstić information content (AvgIpc) is 2.77. The number of aromatic amines is 1. The molecule has 0 aliphatic carbocycles. The summed E-state index contributed by atoms with van der Waals surface area (Å²) in [7, 11) is 1.63. The summed E-state index contributed by atoms with van der Waals surface area (Å²) < 4.78 is 1.40. The zero-order valence-corrected chi connectivity index (χ0v) is 12.0. The van der Waals surface area contributed by atoms with Crippen molar-refractivity contribution in [1.82, 2.24) is 14.8 Å². The molecule has 2 aromatic rings. The van der Waals surface area contributed by atoms with E-state index in [2.05, 4.69) is 10.2 Å². The summed E-state index contributed by atoms with van der Waals surface area (Å²) in [6.45, 7) is 0. The molecule has 20 heavy (non-hydrogen) atoms. The van der Waals surface area contributed by atoms with Crippen molar-refractivity contribution in [3.63, 3.8) is 0 Å². The minimum atomic E-state index is -0.660. The Kier molecular flexibility index (Phi) is 4.99. The molecule has 0 fully saturated rings. The van der Waals surface area contributed by atoms with Gasteiger partial charge in [0.25, 0.3) is 0 Å². The zero-order valence-electron chi connectivity index (χ0n) is 11.2. The number of hydrogen-bond donors (Lipinski definition) is 3. The molecule has 0 radical (unpaired) electrons. The maximum absolute atomic E-state index is 11.2. The van der Waals surface area contributed by atoms with Crippen molar-refractivity contribution in [2.45, 2.75) is 23.7 Å². The van der Waals surface area contributed by atoms with Crippen LogP contribution in [0.3, 0.4) is 0 Å². The Hall–Kier alpha value is -1.57. The van der Waals surface area contributed by atoms with Crippen LogP contribution in [0.1, 0.15) is 5.56 Å². The van der Waals surface area contributed by atoms with Crippen LogP contribution in [-0.2, 0) is 13.5 Å². The minimum Gasteiger partial charge on any atom is -0.391 e. The molecule has 0 saturated carbocycles. The molecule has 6 nitrogen and oxygen atoms in total. The van der Waals surface area contributed by atoms with E-state index < -0.39 is 6.10 Å². The van der Waals surface area contributed by atoms with Gasteiger partial charge in [-0.25, -0.2) is 9.89 Å². The molecule has 2 rings (SSSR count). The van der Waals surface area contributed by atoms with Gasteiger partial charge < -0.3 is 10.8 Å². The fourth-order valence-electron chi connectivity index (χ4n) is 1.77. The lowest BCUT2D eigenvalue weighted by molar-refractivity contribution is 0.167. The first kappa shape index (κ1) is 14.8. The number of nitrogens with one attached hydrogen (secondary N) is 1. The van der Waals surface area contributed by atoms with Gasteiger partial charge in [-0.1, -0.05) is 42.1 Å². The molecule has 7 heteroatoms. The maximum Gasteiger partial charge on any atom is 0.343 e. The fourth-order valence-corrected chi connectivity index (χ4v) is 2.72. The van der Waals surface area contributed by atoms with Crippen LogP contribution in [0.2, 0.25) is 0 Å². The largest absolute Gasteiger partial charge is 0.391 e. The van der Waals surface area contributed by atoms with E-state index in [0.717, 1.165) is 5.56 Å². The van der Waals surface area contributed by atoms with Gasteiger partial charge in [0.15, 0.2) is 5.16 Å². The van der Waals surface area contributed by atoms with Gasteiger partial charge in [-0.15, -0.1) is 5.10 Å². The highest BCUT2D eigenvalue weighted by Gasteiger charge is 2.17. The van der Waals surface area contributed by atoms with E-state index in [4.69, 9.17) is 5.73 Å². The predicted molar refractivity (Wildman–Crippen MR) is 78.7 cm³/mol. The Bertz CT molecular complexity index is 596. The molecule has 108 valence electrons. The number of H-pyrrole nitrogens is 1. The highest BCUT2D eigenvalue weighted by molar-refractivity contribution is 7.99. The molecule has 0 saturated heterocycles. The van der Waals surface area contributed by atoms with E-state index >= 15 is 0 Å². The van der Waals surface area contributed by atoms with Crippen LogP contribution < -0.4 is 11.4 Å². The maximum atomic E-state index is 11.2. The van der Waals surface area contributed by atoms with Crippen LogP contribution in [0.15, 0.2) is 40.3 Å². The number of rotatable bonds is 6. The molecule has 1 heterocycles. The molecular weight excluding hydrogens is 276 g/mol. The second-order valence-electron chi connectivity index (χ2n) is 4.60. The summed E-state index contributed by atoms with van der Waals surface area (Å²) in [5.74, 6) is 0.395. The smallest absolute Gasteiger partial charge is 0.343 e. The first-order valence-electron chi connectivity index (χ1n) is 6.29. The Balaban J connectivity index is 1.87. The van der Waals surface area contributed by atoms with Gasteiger partial charge in [-0.2, -0.15) is 0 Å². The van der Waals surface area contributed by atoms with Crippen LogP contribution in [0, 0.1) is 0 Å². The molecule has 1 aromatic carbocycles. The highest BCUT2D eigenvalue weighted by Crippen LogP contribution is 2.15. The van der Waals surface area contributed by atoms with Crippen molar-refractivity contribution in [3.8, 4) is 0 Å². The number of nitrogens with two attached hydrogens (primary N) is 1. The number of benzene rings is 1. The summed E-state index contributed by atoms with van der Waals surface area (Å²) in [4.78, 5) is 11.2. The monoisotopic (exact) mass is 294 g/mol. The van der Waals surface area contributed by atoms with Gasteiger partial charge in [0, 0.05) is 18.8 Å². The molecule has 0 bridgehead atoms. The first-order valence-corrected chi connectivity index (χ1v) is 7.28. The molecule has 0 aliphatic heterocycles. The quantitative estimate of drug-likeness (QED) is 0.658. The van der Waals surface area contributed by atoms with Crippen molar-refractivity contribution in [2.24, 2.45) is 12.8 Å². The number of aliphatic hydroxyl groups is 1. The lowest BCUT2D eigenvalue weighted by Crippen LogP contribution is -2.38. The molecule has 0 amide bonds. The van der Waals surface area contributed by atoms with Gasteiger partial charge in [0.2, 0.25) is 0 Å². The summed E-state index contributed by atoms with van der Waals surface area (Å²) in [5.41, 5.74) is 6.82. The third-order valence-electron chi connectivity index (χ3n) is 3.03. The van der Waals surface area contributed by atoms with Crippen molar-refractivity contribution >= 4 is 11.8 Å². The first-order chi connectivity index (χ1) is 9.58. The SMILES string of the molecule is Cn1c(SCC(O)C(N)Cc2ccccc2)n[nH]c1=O. The summed E-state index contributed by atoms with van der Waals surface area (Å²) in [6.07, 6.45) is -0.0470. The second kappa shape index (κ2) is 6.74. The lowest BCUT2D eigenvalue weighted by Gasteiger charge is -2.18. The molecule has 2 atom stereocenters. The Labute approximate surface area is 121 Å². The molecule has 4 N–H and O–H groups in total. The Morgan fingerprint density at radius 1 is 1.45 bits per heavy atom. The van der Waals surface area contributed by atoms with Crippen molar-refractivity contribution < 1.29 is 5.11 Å². The lowest BCUT2D eigenvalue weighted by atomic mass is 10.0. The second-order valence-corrected chi connectivity index (χ2v) is 5.59. The van der Waals surface area contributed by atoms with Crippen LogP contribution in [0.5, 0.6) is 0 Å². The van der Waals surface area contributed by atoms with Gasteiger partial charge in [0.05, 0.1) is 6.10 Å². The van der Waals surface area contributed by atoms with Crippen LogP contribution >= 0.6 is 11.8 Å². The van der Waals surface area contributed by atoms with Gasteiger partial charge >= 0.3 is 5.69 Å². The van der Waals surface area contributed by atoms with Crippen molar-refractivity contribution in [1.29, 1.82) is 0 Å². The van der Waals surface area contributed by atoms with Crippen LogP contribution in [0.4, 0.5) is 0 Å². The summed E-state index contributed by atoms with van der Waals surface area (Å²) in [6, 6.07) is 9.46. The van der Waals surface area contributed by atoms with E-state index in [1.54, 1.807) is 7.05 Å². The summed E-state index contributed by atoms with van der Waals surface area (Å²) in [5, 5.41) is 16.8. The van der Waals surface area contributed by atoms with E-state index in [0.29, 0.717) is 17.3 Å². The van der Waals surface area contributed by atoms with Crippen molar-refractivity contribution in [2.75, 3.05) is 5.75 Å². The number of nitrogens with zero attached hydrogens (tertiary/aromatic N) is 2. The van der Waals surface area contributed by atoms with Crippen LogP contribution in [-0.4, -0.2) is 37.8 Å². The summed E-state index contributed by atoms with van der Waals surface area (Å²) >= 11 is 1.31. The molecule has 1 aromatic heterocycles. The standard InChI is InChI=1S/C13H18N4O2S/c1-17-12(19)15-16-13(17)20-8-11(18)10(14)7-9-5-3-2-4-6-9/h2-6,10-11,18H,7-8,14H2,1H3,(H,15,19). The van der Waals surface area contributed by atoms with Gasteiger partial charge in [0.1, 0.15) is 0 Å². The van der Waals surface area contributed by atoms with E-state index in [-0.39, 0.29) is 11.7 Å². The number of aliphatic hydroxyl groups excluding tert-OH is 1. The molecular formula is C13H18N4O2S. The molecule has 0 aliphatic rings. The minimum absolute atomic E-state index is 0.268. The van der Waals surface area contributed by atoms with E-state index in [1.165, 1.54) is 16.3 Å². The van der Waals surface area contributed by atoms with Gasteiger partial charge in [-0.05, 0) is 12.0 Å². The average molecular weight is 294 g/mol. The van der Waals surface area contributed by atoms with E-state index in [9.17, 15) is 9.90 Å². The normalized spacial score (nSPS) is 14.2. The number of hydrogen-bond acceptors (Lipinski definition) is 5. The Morgan fingerprint density at radius 3 is 2.75 bits per heavy atom. The number of thioether (sulfide) groups is 1. The fraction of sp³-hybridized carbons (Fsp3) is 0.385. The predicted octanol–water partition coefficient (Wildman–Crippen LogP) is 0.131. The molecule has 0 spiro atoms. The van der Waals surface area contributed by atoms with E-state index in [1.807, 2.05) is 30.3 Å². The van der Waals surface area contributed by atoms with Crippen molar-refractivity contribution in [3.05, 3.63) is 46.4 Å². The zero-order chi connectivity index (χ0) is 14.5.